The maximum Gasteiger partial charge on any atom is 1.00 e. The van der Waals surface area contributed by atoms with Crippen LogP contribution in [0, 0.1) is 0 Å². The number of carbonyl (C=O) groups excluding carboxylic acids is 1. The van der Waals surface area contributed by atoms with E-state index >= 15 is 0 Å². The van der Waals surface area contributed by atoms with Crippen LogP contribution in [0.5, 0.6) is 0 Å². The molecular weight excluding hydrogens is 243 g/mol. The fourth-order valence-electron chi connectivity index (χ4n) is 2.02. The van der Waals surface area contributed by atoms with Crippen molar-refractivity contribution in [3.8, 4) is 0 Å². The molecule has 0 amide bonds. The molecule has 2 rings (SSSR count). The Kier molecular flexibility index (Phi) is 5.02. The standard InChI is InChI=1S/C12H18N2O2S.Li/c1-4-12(2,3)14-6-5-8-9(7-14)17-10(13-8)11(15)16;/h4-7H2,1-3H3,(H,15,16);/q;+1/p-1. The predicted octanol–water partition coefficient (Wildman–Crippen LogP) is -1.94. The van der Waals surface area contributed by atoms with Crippen LogP contribution in [0.15, 0.2) is 0 Å². The zero-order chi connectivity index (χ0) is 12.6. The number of fused-ring (bicyclic) bond motifs is 1. The van der Waals surface area contributed by atoms with Gasteiger partial charge in [-0.25, -0.2) is 4.98 Å². The van der Waals surface area contributed by atoms with Crippen molar-refractivity contribution in [3.05, 3.63) is 15.6 Å². The molecule has 0 aliphatic carbocycles. The molecule has 0 aromatic carbocycles. The molecule has 1 aromatic rings. The first-order chi connectivity index (χ1) is 7.94. The van der Waals surface area contributed by atoms with Crippen molar-refractivity contribution >= 4 is 17.3 Å². The molecule has 1 aromatic heterocycles. The molecule has 4 nitrogen and oxygen atoms in total. The summed E-state index contributed by atoms with van der Waals surface area (Å²) in [6, 6.07) is 0. The van der Waals surface area contributed by atoms with Crippen molar-refractivity contribution in [2.75, 3.05) is 6.54 Å². The maximum absolute atomic E-state index is 10.8. The molecule has 0 unspecified atom stereocenters. The second kappa shape index (κ2) is 5.75. The second-order valence-electron chi connectivity index (χ2n) is 5.01. The molecule has 1 aliphatic rings. The van der Waals surface area contributed by atoms with Gasteiger partial charge in [0.05, 0.1) is 5.69 Å². The Labute approximate surface area is 124 Å². The Morgan fingerprint density at radius 3 is 2.78 bits per heavy atom. The van der Waals surface area contributed by atoms with Gasteiger partial charge in [0.2, 0.25) is 0 Å². The average Bonchev–Trinajstić information content (AvgIpc) is 2.71. The Morgan fingerprint density at radius 2 is 2.22 bits per heavy atom. The molecule has 0 N–H and O–H groups in total. The minimum atomic E-state index is -1.16. The molecular formula is C12H17LiN2O2S. The number of carboxylic acid groups (broad SMARTS) is 1. The van der Waals surface area contributed by atoms with E-state index in [1.165, 1.54) is 11.3 Å². The number of aromatic nitrogens is 1. The van der Waals surface area contributed by atoms with Crippen LogP contribution in [0.25, 0.3) is 0 Å². The Bertz CT molecular complexity index is 445. The first kappa shape index (κ1) is 15.7. The number of thiazole rings is 1. The fourth-order valence-corrected chi connectivity index (χ4v) is 2.98. The SMILES string of the molecule is CCC(C)(C)N1CCc2nc(C(=O)[O-])sc2C1.[Li+]. The van der Waals surface area contributed by atoms with Crippen molar-refractivity contribution in [2.24, 2.45) is 0 Å². The monoisotopic (exact) mass is 260 g/mol. The third-order valence-corrected chi connectivity index (χ3v) is 4.69. The topological polar surface area (TPSA) is 56.3 Å². The first-order valence-electron chi connectivity index (χ1n) is 5.89. The van der Waals surface area contributed by atoms with E-state index in [9.17, 15) is 9.90 Å². The fraction of sp³-hybridized carbons (Fsp3) is 0.667. The van der Waals surface area contributed by atoms with Crippen molar-refractivity contribution < 1.29 is 28.8 Å². The summed E-state index contributed by atoms with van der Waals surface area (Å²) in [4.78, 5) is 18.4. The van der Waals surface area contributed by atoms with Crippen LogP contribution < -0.4 is 24.0 Å². The molecule has 0 radical (unpaired) electrons. The van der Waals surface area contributed by atoms with Crippen LogP contribution in [-0.4, -0.2) is 27.9 Å². The van der Waals surface area contributed by atoms with E-state index in [1.807, 2.05) is 0 Å². The third-order valence-electron chi connectivity index (χ3n) is 3.63. The molecule has 0 spiro atoms. The summed E-state index contributed by atoms with van der Waals surface area (Å²) >= 11 is 1.26. The van der Waals surface area contributed by atoms with E-state index in [4.69, 9.17) is 0 Å². The van der Waals surface area contributed by atoms with Gasteiger partial charge in [0.15, 0.2) is 0 Å². The van der Waals surface area contributed by atoms with Crippen LogP contribution in [-0.2, 0) is 13.0 Å². The summed E-state index contributed by atoms with van der Waals surface area (Å²) in [7, 11) is 0. The van der Waals surface area contributed by atoms with Gasteiger partial charge < -0.3 is 9.90 Å². The van der Waals surface area contributed by atoms with E-state index in [0.29, 0.717) is 0 Å². The molecule has 18 heavy (non-hydrogen) atoms. The van der Waals surface area contributed by atoms with Crippen LogP contribution in [0.3, 0.4) is 0 Å². The smallest absolute Gasteiger partial charge is 0.542 e. The predicted molar refractivity (Wildman–Crippen MR) is 64.9 cm³/mol. The summed E-state index contributed by atoms with van der Waals surface area (Å²) in [6.45, 7) is 8.37. The summed E-state index contributed by atoms with van der Waals surface area (Å²) in [5, 5.41) is 10.9. The second-order valence-corrected chi connectivity index (χ2v) is 6.10. The van der Waals surface area contributed by atoms with Crippen LogP contribution >= 0.6 is 11.3 Å². The van der Waals surface area contributed by atoms with Gasteiger partial charge in [-0.2, -0.15) is 0 Å². The third kappa shape index (κ3) is 2.97. The molecule has 0 atom stereocenters. The van der Waals surface area contributed by atoms with Crippen LogP contribution in [0.1, 0.15) is 47.6 Å². The van der Waals surface area contributed by atoms with E-state index < -0.39 is 5.97 Å². The minimum Gasteiger partial charge on any atom is -0.542 e. The van der Waals surface area contributed by atoms with Gasteiger partial charge in [-0.05, 0) is 20.3 Å². The molecule has 6 heteroatoms. The van der Waals surface area contributed by atoms with E-state index in [2.05, 4.69) is 30.7 Å². The quantitative estimate of drug-likeness (QED) is 0.593. The number of carboxylic acids is 1. The van der Waals surface area contributed by atoms with Crippen molar-refractivity contribution in [3.63, 3.8) is 0 Å². The molecule has 0 saturated heterocycles. The molecule has 0 bridgehead atoms. The maximum atomic E-state index is 10.8. The number of hydrogen-bond acceptors (Lipinski definition) is 5. The minimum absolute atomic E-state index is 0. The van der Waals surface area contributed by atoms with E-state index in [-0.39, 0.29) is 29.4 Å². The molecule has 94 valence electrons. The molecule has 2 heterocycles. The molecule has 0 fully saturated rings. The summed E-state index contributed by atoms with van der Waals surface area (Å²) in [5.74, 6) is -1.16. The van der Waals surface area contributed by atoms with Gasteiger partial charge in [0, 0.05) is 29.9 Å². The van der Waals surface area contributed by atoms with Crippen LogP contribution in [0.4, 0.5) is 0 Å². The van der Waals surface area contributed by atoms with Crippen LogP contribution in [0.2, 0.25) is 0 Å². The van der Waals surface area contributed by atoms with Crippen molar-refractivity contribution in [1.82, 2.24) is 9.88 Å². The number of rotatable bonds is 3. The Balaban J connectivity index is 0.00000162. The Hall–Kier alpha value is -0.343. The van der Waals surface area contributed by atoms with Gasteiger partial charge in [0.25, 0.3) is 0 Å². The van der Waals surface area contributed by atoms with E-state index in [0.717, 1.165) is 36.5 Å². The number of nitrogens with zero attached hydrogens (tertiary/aromatic N) is 2. The summed E-state index contributed by atoms with van der Waals surface area (Å²) < 4.78 is 0. The van der Waals surface area contributed by atoms with Gasteiger partial charge in [0.1, 0.15) is 11.0 Å². The van der Waals surface area contributed by atoms with Gasteiger partial charge in [-0.15, -0.1) is 11.3 Å². The summed E-state index contributed by atoms with van der Waals surface area (Å²) in [6.07, 6.45) is 1.91. The van der Waals surface area contributed by atoms with Crippen molar-refractivity contribution in [1.29, 1.82) is 0 Å². The first-order valence-corrected chi connectivity index (χ1v) is 6.70. The Morgan fingerprint density at radius 1 is 1.56 bits per heavy atom. The van der Waals surface area contributed by atoms with Crippen molar-refractivity contribution in [2.45, 2.75) is 45.7 Å². The zero-order valence-electron chi connectivity index (χ0n) is 11.4. The normalized spacial score (nSPS) is 15.9. The van der Waals surface area contributed by atoms with Gasteiger partial charge in [-0.3, -0.25) is 4.90 Å². The number of aromatic carboxylic acids is 1. The van der Waals surface area contributed by atoms with Gasteiger partial charge >= 0.3 is 18.9 Å². The summed E-state index contributed by atoms with van der Waals surface area (Å²) in [5.41, 5.74) is 1.10. The van der Waals surface area contributed by atoms with E-state index in [1.54, 1.807) is 0 Å². The average molecular weight is 260 g/mol. The van der Waals surface area contributed by atoms with Gasteiger partial charge in [-0.1, -0.05) is 6.92 Å². The zero-order valence-corrected chi connectivity index (χ0v) is 12.3. The number of hydrogen-bond donors (Lipinski definition) is 0. The molecule has 0 saturated carbocycles. The number of carbonyl (C=O) groups is 1. The molecule has 1 aliphatic heterocycles. The largest absolute Gasteiger partial charge is 1.00 e.